The van der Waals surface area contributed by atoms with Gasteiger partial charge in [-0.1, -0.05) is 84.9 Å². The lowest BCUT2D eigenvalue weighted by Gasteiger charge is -2.56. The van der Waals surface area contributed by atoms with Crippen molar-refractivity contribution in [1.82, 2.24) is 0 Å². The van der Waals surface area contributed by atoms with Gasteiger partial charge >= 0.3 is 0 Å². The molecule has 2 aliphatic rings. The lowest BCUT2D eigenvalue weighted by Crippen LogP contribution is -2.69. The fourth-order valence-corrected chi connectivity index (χ4v) is 8.92. The van der Waals surface area contributed by atoms with Crippen LogP contribution in [-0.4, -0.2) is 81.4 Å². The molecule has 6 nitrogen and oxygen atoms in total. The second kappa shape index (κ2) is 13.7. The molecule has 2 fully saturated rings. The first-order valence-electron chi connectivity index (χ1n) is 15.5. The summed E-state index contributed by atoms with van der Waals surface area (Å²) in [5.41, 5.74) is 0. The second-order valence-corrected chi connectivity index (χ2v) is 31.7. The highest BCUT2D eigenvalue weighted by molar-refractivity contribution is 14.1. The van der Waals surface area contributed by atoms with Gasteiger partial charge in [0.1, 0.15) is 24.4 Å². The molecule has 7 atom stereocenters. The van der Waals surface area contributed by atoms with Gasteiger partial charge in [-0.25, -0.2) is 0 Å². The molecule has 2 rings (SSSR count). The summed E-state index contributed by atoms with van der Waals surface area (Å²) in [4.78, 5) is 0. The van der Waals surface area contributed by atoms with Crippen molar-refractivity contribution in [3.8, 4) is 0 Å². The molecular formula is C31H63IO6Si3. The molecule has 2 aliphatic heterocycles. The summed E-state index contributed by atoms with van der Waals surface area (Å²) >= 11 is 2.31. The van der Waals surface area contributed by atoms with E-state index >= 15 is 0 Å². The number of rotatable bonds is 10. The number of hydrogen-bond donors (Lipinski definition) is 0. The Morgan fingerprint density at radius 1 is 0.756 bits per heavy atom. The van der Waals surface area contributed by atoms with Crippen molar-refractivity contribution in [3.63, 3.8) is 0 Å². The van der Waals surface area contributed by atoms with E-state index in [9.17, 15) is 0 Å². The van der Waals surface area contributed by atoms with Gasteiger partial charge in [-0.05, 0) is 77.4 Å². The van der Waals surface area contributed by atoms with Gasteiger partial charge in [-0.3, -0.25) is 0 Å². The van der Waals surface area contributed by atoms with Crippen molar-refractivity contribution < 1.29 is 27.5 Å². The Morgan fingerprint density at radius 2 is 1.24 bits per heavy atom. The van der Waals surface area contributed by atoms with Crippen LogP contribution in [0.2, 0.25) is 54.4 Å². The summed E-state index contributed by atoms with van der Waals surface area (Å²) in [7, 11) is -4.85. The highest BCUT2D eigenvalue weighted by Gasteiger charge is 2.57. The average molecular weight is 743 g/mol. The van der Waals surface area contributed by atoms with Gasteiger partial charge in [0.05, 0.1) is 24.9 Å². The number of fused-ring (bicyclic) bond motifs is 1. The summed E-state index contributed by atoms with van der Waals surface area (Å²) in [6.45, 7) is 35.2. The molecule has 0 aromatic carbocycles. The number of ether oxygens (including phenoxy) is 3. The maximum Gasteiger partial charge on any atom is 0.193 e. The highest BCUT2D eigenvalue weighted by atomic mass is 127. The molecule has 242 valence electrons. The average Bonchev–Trinajstić information content (AvgIpc) is 2.78. The SMILES string of the molecule is COC[C@H]1CC[C@@H]2O[C@@H](C(/C=C/I)O[Si](C)(C)C(C)(C)C)C(O[Si](C)(C)C(C)(C)C)[C@@H](O[Si](C)(C)C(C)(C)C)[C@H]2O1. The topological polar surface area (TPSA) is 55.4 Å². The van der Waals surface area contributed by atoms with Crippen molar-refractivity contribution in [2.45, 2.75) is 172 Å². The summed E-state index contributed by atoms with van der Waals surface area (Å²) < 4.78 is 43.4. The molecule has 0 aliphatic carbocycles. The third kappa shape index (κ3) is 9.22. The van der Waals surface area contributed by atoms with E-state index in [1.54, 1.807) is 7.11 Å². The monoisotopic (exact) mass is 742 g/mol. The van der Waals surface area contributed by atoms with Gasteiger partial charge in [0.25, 0.3) is 0 Å². The van der Waals surface area contributed by atoms with Crippen molar-refractivity contribution in [3.05, 3.63) is 10.2 Å². The van der Waals surface area contributed by atoms with Crippen LogP contribution in [0.4, 0.5) is 0 Å². The van der Waals surface area contributed by atoms with Crippen molar-refractivity contribution in [2.24, 2.45) is 0 Å². The summed E-state index contributed by atoms with van der Waals surface area (Å²) in [5.74, 6) is 0. The first-order valence-corrected chi connectivity index (χ1v) is 25.5. The van der Waals surface area contributed by atoms with Crippen LogP contribution in [0.5, 0.6) is 0 Å². The zero-order chi connectivity index (χ0) is 31.8. The molecule has 10 heteroatoms. The van der Waals surface area contributed by atoms with E-state index in [2.05, 4.69) is 134 Å². The van der Waals surface area contributed by atoms with Gasteiger partial charge in [0.2, 0.25) is 0 Å². The van der Waals surface area contributed by atoms with Crippen molar-refractivity contribution in [2.75, 3.05) is 13.7 Å². The Balaban J connectivity index is 2.72. The van der Waals surface area contributed by atoms with Crippen LogP contribution in [0.3, 0.4) is 0 Å². The fourth-order valence-electron chi connectivity index (χ4n) is 4.66. The van der Waals surface area contributed by atoms with Crippen LogP contribution in [0.1, 0.15) is 75.2 Å². The maximum atomic E-state index is 7.40. The standard InChI is InChI=1S/C31H63IO6Si3/c1-29(2,3)39(11,12)36-24(19-20-32)26-28(38-41(15,16)31(7,8)9)27(37-40(13,14)30(4,5)6)25-23(35-26)18-17-22(34-25)21-33-10/h19-20,22-28H,17-18,21H2,1-16H3/b20-19+/t22-,23+,24?,25+,26+,27+,28?/m1/s1. The predicted octanol–water partition coefficient (Wildman–Crippen LogP) is 9.07. The van der Waals surface area contributed by atoms with Crippen molar-refractivity contribution >= 4 is 47.5 Å². The van der Waals surface area contributed by atoms with Gasteiger partial charge in [-0.15, -0.1) is 0 Å². The summed E-state index contributed by atoms with van der Waals surface area (Å²) in [6, 6.07) is 0. The van der Waals surface area contributed by atoms with Crippen LogP contribution in [0.25, 0.3) is 0 Å². The van der Waals surface area contributed by atoms with E-state index in [4.69, 9.17) is 27.5 Å². The molecular weight excluding hydrogens is 679 g/mol. The van der Waals surface area contributed by atoms with Crippen LogP contribution >= 0.6 is 22.6 Å². The quantitative estimate of drug-likeness (QED) is 0.165. The molecule has 0 aromatic heterocycles. The Kier molecular flexibility index (Phi) is 12.7. The number of halogens is 1. The smallest absolute Gasteiger partial charge is 0.193 e. The molecule has 0 saturated carbocycles. The van der Waals surface area contributed by atoms with Crippen LogP contribution in [0, 0.1) is 0 Å². The molecule has 0 bridgehead atoms. The molecule has 0 aromatic rings. The zero-order valence-electron chi connectivity index (χ0n) is 29.1. The van der Waals surface area contributed by atoms with Gasteiger partial charge in [0.15, 0.2) is 25.0 Å². The lowest BCUT2D eigenvalue weighted by atomic mass is 9.88. The van der Waals surface area contributed by atoms with E-state index in [0.717, 1.165) is 12.8 Å². The second-order valence-electron chi connectivity index (χ2n) is 16.7. The lowest BCUT2D eigenvalue weighted by molar-refractivity contribution is -0.269. The molecule has 2 unspecified atom stereocenters. The van der Waals surface area contributed by atoms with Crippen LogP contribution in [-0.2, 0) is 27.5 Å². The minimum atomic E-state index is -2.24. The number of methoxy groups -OCH3 is 1. The van der Waals surface area contributed by atoms with E-state index < -0.39 is 25.0 Å². The summed E-state index contributed by atoms with van der Waals surface area (Å²) in [6.07, 6.45) is 2.56. The minimum Gasteiger partial charge on any atom is -0.408 e. The van der Waals surface area contributed by atoms with E-state index in [1.807, 2.05) is 0 Å². The van der Waals surface area contributed by atoms with E-state index in [-0.39, 0.29) is 57.8 Å². The normalized spacial score (nSPS) is 30.0. The van der Waals surface area contributed by atoms with E-state index in [1.165, 1.54) is 0 Å². The molecule has 0 N–H and O–H groups in total. The minimum absolute atomic E-state index is 0.0222. The Labute approximate surface area is 269 Å². The van der Waals surface area contributed by atoms with Crippen LogP contribution in [0.15, 0.2) is 10.2 Å². The highest BCUT2D eigenvalue weighted by Crippen LogP contribution is 2.47. The Morgan fingerprint density at radius 3 is 1.68 bits per heavy atom. The third-order valence-corrected chi connectivity index (χ3v) is 24.3. The largest absolute Gasteiger partial charge is 0.408 e. The Bertz CT molecular complexity index is 875. The van der Waals surface area contributed by atoms with Gasteiger partial charge in [0, 0.05) is 7.11 Å². The zero-order valence-corrected chi connectivity index (χ0v) is 34.3. The third-order valence-electron chi connectivity index (χ3n) is 10.4. The molecule has 2 saturated heterocycles. The first kappa shape index (κ1) is 38.1. The van der Waals surface area contributed by atoms with Crippen LogP contribution < -0.4 is 0 Å². The van der Waals surface area contributed by atoms with Gasteiger partial charge < -0.3 is 27.5 Å². The molecule has 41 heavy (non-hydrogen) atoms. The molecule has 0 amide bonds. The molecule has 2 heterocycles. The van der Waals surface area contributed by atoms with Gasteiger partial charge in [-0.2, -0.15) is 0 Å². The van der Waals surface area contributed by atoms with Crippen molar-refractivity contribution in [1.29, 1.82) is 0 Å². The van der Waals surface area contributed by atoms with E-state index in [0.29, 0.717) is 6.61 Å². The molecule has 0 spiro atoms. The number of hydrogen-bond acceptors (Lipinski definition) is 6. The maximum absolute atomic E-state index is 7.40. The summed E-state index contributed by atoms with van der Waals surface area (Å²) in [5, 5.41) is 0.129. The predicted molar refractivity (Wildman–Crippen MR) is 188 cm³/mol. The fraction of sp³-hybridized carbons (Fsp3) is 0.935. The molecule has 0 radical (unpaired) electrons. The first-order chi connectivity index (χ1) is 18.4. The Hall–Kier alpha value is 0.881.